The number of hydrogen-bond donors (Lipinski definition) is 2. The van der Waals surface area contributed by atoms with Crippen molar-refractivity contribution >= 4 is 17.5 Å². The molecule has 0 spiro atoms. The highest BCUT2D eigenvalue weighted by Gasteiger charge is 2.13. The molecule has 1 unspecified atom stereocenters. The molecular formula is C7H12ClN3O2. The summed E-state index contributed by atoms with van der Waals surface area (Å²) in [5.41, 5.74) is 8.29. The summed E-state index contributed by atoms with van der Waals surface area (Å²) >= 11 is 5.68. The molecule has 5 nitrogen and oxygen atoms in total. The molecule has 0 saturated heterocycles. The van der Waals surface area contributed by atoms with Gasteiger partial charge in [0.2, 0.25) is 0 Å². The Morgan fingerprint density at radius 2 is 2.46 bits per heavy atom. The van der Waals surface area contributed by atoms with Gasteiger partial charge in [0.15, 0.2) is 0 Å². The van der Waals surface area contributed by atoms with Crippen molar-refractivity contribution < 1.29 is 9.47 Å². The number of hydrogen-bond acceptors (Lipinski definition) is 5. The first kappa shape index (κ1) is 10.1. The lowest BCUT2D eigenvalue weighted by Crippen LogP contribution is -2.30. The van der Waals surface area contributed by atoms with Crippen molar-refractivity contribution in [2.45, 2.75) is 5.50 Å². The fourth-order valence-corrected chi connectivity index (χ4v) is 0.973. The van der Waals surface area contributed by atoms with Gasteiger partial charge in [-0.05, 0) is 6.08 Å². The highest BCUT2D eigenvalue weighted by molar-refractivity contribution is 6.22. The first-order chi connectivity index (χ1) is 6.24. The van der Waals surface area contributed by atoms with Crippen molar-refractivity contribution in [3.8, 4) is 0 Å². The van der Waals surface area contributed by atoms with Crippen molar-refractivity contribution in [3.63, 3.8) is 0 Å². The second-order valence-electron chi connectivity index (χ2n) is 2.41. The van der Waals surface area contributed by atoms with E-state index in [0.717, 1.165) is 0 Å². The summed E-state index contributed by atoms with van der Waals surface area (Å²) in [5.74, 6) is 0.356. The summed E-state index contributed by atoms with van der Waals surface area (Å²) in [5, 5.41) is 3.83. The van der Waals surface area contributed by atoms with Gasteiger partial charge in [-0.15, -0.1) is 5.10 Å². The molecule has 1 heterocycles. The van der Waals surface area contributed by atoms with Gasteiger partial charge in [0.25, 0.3) is 5.90 Å². The van der Waals surface area contributed by atoms with E-state index in [1.807, 2.05) is 0 Å². The van der Waals surface area contributed by atoms with E-state index in [0.29, 0.717) is 24.8 Å². The number of hydrazone groups is 1. The average Bonchev–Trinajstić information content (AvgIpc) is 2.09. The van der Waals surface area contributed by atoms with Gasteiger partial charge >= 0.3 is 0 Å². The third-order valence-electron chi connectivity index (χ3n) is 1.39. The molecule has 0 radical (unpaired) electrons. The number of methoxy groups -OCH3 is 1. The Balaban J connectivity index is 2.38. The molecule has 0 aliphatic carbocycles. The molecule has 3 N–H and O–H groups in total. The van der Waals surface area contributed by atoms with Crippen LogP contribution in [0.2, 0.25) is 0 Å². The Hall–Kier alpha value is -0.940. The monoisotopic (exact) mass is 205 g/mol. The number of nitrogens with one attached hydrogen (secondary N) is 1. The Morgan fingerprint density at radius 1 is 1.69 bits per heavy atom. The minimum Gasteiger partial charge on any atom is -0.473 e. The summed E-state index contributed by atoms with van der Waals surface area (Å²) in [6, 6.07) is 0. The van der Waals surface area contributed by atoms with E-state index in [4.69, 9.17) is 26.8 Å². The Kier molecular flexibility index (Phi) is 3.85. The maximum atomic E-state index is 5.68. The van der Waals surface area contributed by atoms with Crippen LogP contribution in [0.4, 0.5) is 0 Å². The number of halogens is 1. The maximum Gasteiger partial charge on any atom is 0.253 e. The molecule has 0 saturated carbocycles. The molecule has 13 heavy (non-hydrogen) atoms. The van der Waals surface area contributed by atoms with Crippen LogP contribution < -0.4 is 11.2 Å². The van der Waals surface area contributed by atoms with Gasteiger partial charge in [-0.1, -0.05) is 11.6 Å². The molecule has 1 rings (SSSR count). The molecule has 1 aliphatic rings. The van der Waals surface area contributed by atoms with E-state index < -0.39 is 0 Å². The van der Waals surface area contributed by atoms with Crippen LogP contribution >= 0.6 is 11.6 Å². The lowest BCUT2D eigenvalue weighted by atomic mass is 10.4. The highest BCUT2D eigenvalue weighted by Crippen LogP contribution is 2.04. The predicted octanol–water partition coefficient (Wildman–Crippen LogP) is -0.0264. The van der Waals surface area contributed by atoms with Gasteiger partial charge in [-0.2, -0.15) is 0 Å². The summed E-state index contributed by atoms with van der Waals surface area (Å²) in [6.07, 6.45) is 1.62. The molecule has 74 valence electrons. The maximum absolute atomic E-state index is 5.68. The zero-order valence-corrected chi connectivity index (χ0v) is 8.04. The number of nitrogens with zero attached hydrogens (tertiary/aromatic N) is 1. The van der Waals surface area contributed by atoms with Crippen LogP contribution in [0.3, 0.4) is 0 Å². The van der Waals surface area contributed by atoms with Gasteiger partial charge < -0.3 is 15.2 Å². The number of alkyl halides is 1. The van der Waals surface area contributed by atoms with Crippen molar-refractivity contribution in [1.82, 2.24) is 5.43 Å². The minimum atomic E-state index is -0.366. The van der Waals surface area contributed by atoms with Crippen molar-refractivity contribution in [3.05, 3.63) is 11.8 Å². The third kappa shape index (κ3) is 3.12. The normalized spacial score (nSPS) is 21.5. The Morgan fingerprint density at radius 3 is 3.08 bits per heavy atom. The Labute approximate surface area is 81.5 Å². The standard InChI is InChI=1S/C7H12ClN3O2/c1-12-2-3-13-7-5(9)4-6(8)10-11-7/h4,6,10H,2-3,9H2,1H3. The van der Waals surface area contributed by atoms with Gasteiger partial charge in [0.1, 0.15) is 12.1 Å². The summed E-state index contributed by atoms with van der Waals surface area (Å²) in [4.78, 5) is 0. The van der Waals surface area contributed by atoms with Crippen LogP contribution in [0, 0.1) is 0 Å². The number of ether oxygens (including phenoxy) is 2. The van der Waals surface area contributed by atoms with Crippen LogP contribution in [-0.4, -0.2) is 31.7 Å². The SMILES string of the molecule is COCCOC1=NNC(Cl)C=C1N. The molecular weight excluding hydrogens is 194 g/mol. The first-order valence-electron chi connectivity index (χ1n) is 3.80. The fourth-order valence-electron chi connectivity index (χ4n) is 0.788. The molecule has 1 atom stereocenters. The number of rotatable bonds is 3. The number of nitrogens with two attached hydrogens (primary N) is 1. The topological polar surface area (TPSA) is 68.9 Å². The van der Waals surface area contributed by atoms with E-state index in [1.165, 1.54) is 0 Å². The van der Waals surface area contributed by atoms with Crippen LogP contribution in [0.15, 0.2) is 16.9 Å². The smallest absolute Gasteiger partial charge is 0.253 e. The van der Waals surface area contributed by atoms with Gasteiger partial charge in [-0.25, -0.2) is 0 Å². The van der Waals surface area contributed by atoms with E-state index in [2.05, 4.69) is 10.5 Å². The molecule has 0 aromatic heterocycles. The highest BCUT2D eigenvalue weighted by atomic mass is 35.5. The van der Waals surface area contributed by atoms with E-state index in [-0.39, 0.29) is 5.50 Å². The van der Waals surface area contributed by atoms with Gasteiger partial charge in [0.05, 0.1) is 12.3 Å². The lowest BCUT2D eigenvalue weighted by Gasteiger charge is -2.15. The summed E-state index contributed by atoms with van der Waals surface area (Å²) in [7, 11) is 1.60. The van der Waals surface area contributed by atoms with Crippen LogP contribution in [0.5, 0.6) is 0 Å². The molecule has 0 bridgehead atoms. The Bertz CT molecular complexity index is 230. The third-order valence-corrected chi connectivity index (χ3v) is 1.61. The molecule has 6 heteroatoms. The quantitative estimate of drug-likeness (QED) is 0.386. The molecule has 1 aliphatic heterocycles. The zero-order valence-electron chi connectivity index (χ0n) is 7.29. The average molecular weight is 206 g/mol. The zero-order chi connectivity index (χ0) is 9.68. The molecule has 0 aromatic carbocycles. The van der Waals surface area contributed by atoms with Crippen LogP contribution in [0.1, 0.15) is 0 Å². The molecule has 0 fully saturated rings. The van der Waals surface area contributed by atoms with Gasteiger partial charge in [0, 0.05) is 7.11 Å². The fraction of sp³-hybridized carbons (Fsp3) is 0.571. The van der Waals surface area contributed by atoms with Gasteiger partial charge in [-0.3, -0.25) is 5.43 Å². The van der Waals surface area contributed by atoms with Crippen molar-refractivity contribution in [2.24, 2.45) is 10.8 Å². The van der Waals surface area contributed by atoms with E-state index >= 15 is 0 Å². The lowest BCUT2D eigenvalue weighted by molar-refractivity contribution is 0.140. The first-order valence-corrected chi connectivity index (χ1v) is 4.24. The summed E-state index contributed by atoms with van der Waals surface area (Å²) in [6.45, 7) is 0.912. The second-order valence-corrected chi connectivity index (χ2v) is 2.88. The predicted molar refractivity (Wildman–Crippen MR) is 50.3 cm³/mol. The van der Waals surface area contributed by atoms with Crippen molar-refractivity contribution in [2.75, 3.05) is 20.3 Å². The van der Waals surface area contributed by atoms with E-state index in [1.54, 1.807) is 13.2 Å². The molecule has 0 amide bonds. The van der Waals surface area contributed by atoms with Crippen LogP contribution in [-0.2, 0) is 9.47 Å². The molecule has 0 aromatic rings. The minimum absolute atomic E-state index is 0.356. The largest absolute Gasteiger partial charge is 0.473 e. The van der Waals surface area contributed by atoms with Crippen LogP contribution in [0.25, 0.3) is 0 Å². The second kappa shape index (κ2) is 4.94. The van der Waals surface area contributed by atoms with E-state index in [9.17, 15) is 0 Å². The van der Waals surface area contributed by atoms with Crippen molar-refractivity contribution in [1.29, 1.82) is 0 Å². The summed E-state index contributed by atoms with van der Waals surface area (Å²) < 4.78 is 10.00.